The highest BCUT2D eigenvalue weighted by atomic mass is 16.7. The van der Waals surface area contributed by atoms with Crippen molar-refractivity contribution in [2.24, 2.45) is 4.99 Å². The summed E-state index contributed by atoms with van der Waals surface area (Å²) < 4.78 is 10.2. The molecule has 0 unspecified atom stereocenters. The van der Waals surface area contributed by atoms with Crippen LogP contribution < -0.4 is 0 Å². The third-order valence-electron chi connectivity index (χ3n) is 1.43. The van der Waals surface area contributed by atoms with Gasteiger partial charge >= 0.3 is 6.08 Å². The van der Waals surface area contributed by atoms with Gasteiger partial charge in [-0.3, -0.25) is 0 Å². The van der Waals surface area contributed by atoms with Crippen molar-refractivity contribution in [3.05, 3.63) is 0 Å². The molecule has 58 valence electrons. The number of ether oxygens (including phenoxy) is 2. The Bertz CT molecular complexity index is 134. The van der Waals surface area contributed by atoms with E-state index in [9.17, 15) is 0 Å². The first kappa shape index (κ1) is 7.38. The van der Waals surface area contributed by atoms with Crippen LogP contribution in [0.3, 0.4) is 0 Å². The number of hydrogen-bond acceptors (Lipinski definition) is 3. The predicted molar refractivity (Wildman–Crippen MR) is 39.1 cm³/mol. The summed E-state index contributed by atoms with van der Waals surface area (Å²) in [5, 5.41) is 0. The molecule has 10 heavy (non-hydrogen) atoms. The standard InChI is InChI=1S/C7H13NO2/c1-3-6-5-10-7(8-6)9-4-2/h6H,3-5H2,1-2H3/t6-/m1/s1. The molecule has 0 aliphatic carbocycles. The summed E-state index contributed by atoms with van der Waals surface area (Å²) in [5.74, 6) is 0. The lowest BCUT2D eigenvalue weighted by Crippen LogP contribution is -2.05. The molecule has 1 aliphatic rings. The summed E-state index contributed by atoms with van der Waals surface area (Å²) in [5.41, 5.74) is 0. The van der Waals surface area contributed by atoms with Crippen LogP contribution >= 0.6 is 0 Å². The third-order valence-corrected chi connectivity index (χ3v) is 1.43. The SMILES string of the molecule is CCOC1=N[C@H](CC)CO1. The summed E-state index contributed by atoms with van der Waals surface area (Å²) in [6.45, 7) is 5.33. The van der Waals surface area contributed by atoms with Gasteiger partial charge in [-0.15, -0.1) is 0 Å². The first-order chi connectivity index (χ1) is 4.86. The largest absolute Gasteiger partial charge is 0.451 e. The lowest BCUT2D eigenvalue weighted by atomic mass is 10.3. The highest BCUT2D eigenvalue weighted by Gasteiger charge is 2.17. The fourth-order valence-corrected chi connectivity index (χ4v) is 0.803. The first-order valence-electron chi connectivity index (χ1n) is 3.70. The minimum Gasteiger partial charge on any atom is -0.451 e. The van der Waals surface area contributed by atoms with E-state index in [-0.39, 0.29) is 0 Å². The van der Waals surface area contributed by atoms with Gasteiger partial charge in [0.1, 0.15) is 6.61 Å². The minimum atomic E-state index is 0.321. The third kappa shape index (κ3) is 1.62. The van der Waals surface area contributed by atoms with E-state index >= 15 is 0 Å². The van der Waals surface area contributed by atoms with Crippen molar-refractivity contribution < 1.29 is 9.47 Å². The fourth-order valence-electron chi connectivity index (χ4n) is 0.803. The Labute approximate surface area is 61.0 Å². The van der Waals surface area contributed by atoms with E-state index in [1.165, 1.54) is 0 Å². The quantitative estimate of drug-likeness (QED) is 0.581. The molecule has 0 aromatic carbocycles. The van der Waals surface area contributed by atoms with Crippen LogP contribution in [0, 0.1) is 0 Å². The molecule has 0 amide bonds. The summed E-state index contributed by atoms with van der Waals surface area (Å²) in [6, 6.07) is 0.321. The van der Waals surface area contributed by atoms with E-state index in [4.69, 9.17) is 9.47 Å². The van der Waals surface area contributed by atoms with Crippen molar-refractivity contribution in [1.29, 1.82) is 0 Å². The molecular weight excluding hydrogens is 130 g/mol. The topological polar surface area (TPSA) is 30.8 Å². The molecule has 1 heterocycles. The lowest BCUT2D eigenvalue weighted by molar-refractivity contribution is 0.192. The maximum absolute atomic E-state index is 5.12. The van der Waals surface area contributed by atoms with E-state index in [0.717, 1.165) is 6.42 Å². The summed E-state index contributed by atoms with van der Waals surface area (Å²) in [7, 11) is 0. The zero-order valence-electron chi connectivity index (χ0n) is 6.46. The van der Waals surface area contributed by atoms with Crippen molar-refractivity contribution in [3.8, 4) is 0 Å². The molecule has 3 nitrogen and oxygen atoms in total. The van der Waals surface area contributed by atoms with Crippen LogP contribution in [0.1, 0.15) is 20.3 Å². The van der Waals surface area contributed by atoms with Crippen molar-refractivity contribution in [1.82, 2.24) is 0 Å². The lowest BCUT2D eigenvalue weighted by Gasteiger charge is -1.98. The van der Waals surface area contributed by atoms with Crippen LogP contribution in [-0.4, -0.2) is 25.3 Å². The van der Waals surface area contributed by atoms with Crippen molar-refractivity contribution >= 4 is 6.08 Å². The van der Waals surface area contributed by atoms with Gasteiger partial charge in [-0.05, 0) is 13.3 Å². The van der Waals surface area contributed by atoms with Crippen molar-refractivity contribution in [3.63, 3.8) is 0 Å². The predicted octanol–water partition coefficient (Wildman–Crippen LogP) is 1.19. The van der Waals surface area contributed by atoms with E-state index in [2.05, 4.69) is 11.9 Å². The Kier molecular flexibility index (Phi) is 2.54. The van der Waals surface area contributed by atoms with Crippen molar-refractivity contribution in [2.45, 2.75) is 26.3 Å². The minimum absolute atomic E-state index is 0.321. The monoisotopic (exact) mass is 143 g/mol. The van der Waals surface area contributed by atoms with E-state index in [1.54, 1.807) is 0 Å². The molecule has 0 aromatic rings. The van der Waals surface area contributed by atoms with Crippen LogP contribution in [0.5, 0.6) is 0 Å². The van der Waals surface area contributed by atoms with Gasteiger partial charge in [0.2, 0.25) is 0 Å². The Morgan fingerprint density at radius 3 is 3.00 bits per heavy atom. The van der Waals surface area contributed by atoms with Gasteiger partial charge in [0.25, 0.3) is 0 Å². The second-order valence-electron chi connectivity index (χ2n) is 2.20. The Morgan fingerprint density at radius 2 is 2.50 bits per heavy atom. The molecule has 0 aromatic heterocycles. The summed E-state index contributed by atoms with van der Waals surface area (Å²) in [4.78, 5) is 4.17. The molecular formula is C7H13NO2. The molecule has 3 heteroatoms. The van der Waals surface area contributed by atoms with Crippen LogP contribution in [0.15, 0.2) is 4.99 Å². The summed E-state index contributed by atoms with van der Waals surface area (Å²) in [6.07, 6.45) is 1.49. The fraction of sp³-hybridized carbons (Fsp3) is 0.857. The molecule has 0 fully saturated rings. The van der Waals surface area contributed by atoms with Crippen LogP contribution in [0.25, 0.3) is 0 Å². The zero-order valence-corrected chi connectivity index (χ0v) is 6.46. The highest BCUT2D eigenvalue weighted by Crippen LogP contribution is 2.07. The average molecular weight is 143 g/mol. The van der Waals surface area contributed by atoms with Gasteiger partial charge in [-0.25, -0.2) is 4.99 Å². The van der Waals surface area contributed by atoms with Crippen molar-refractivity contribution in [2.75, 3.05) is 13.2 Å². The molecule has 0 N–H and O–H groups in total. The van der Waals surface area contributed by atoms with Gasteiger partial charge < -0.3 is 9.47 Å². The molecule has 0 bridgehead atoms. The number of rotatable bonds is 2. The van der Waals surface area contributed by atoms with Gasteiger partial charge in [0, 0.05) is 0 Å². The smallest absolute Gasteiger partial charge is 0.383 e. The Morgan fingerprint density at radius 1 is 1.70 bits per heavy atom. The number of aliphatic imine (C=N–C) groups is 1. The molecule has 0 spiro atoms. The van der Waals surface area contributed by atoms with Gasteiger partial charge in [-0.1, -0.05) is 6.92 Å². The molecule has 0 saturated carbocycles. The second kappa shape index (κ2) is 3.44. The molecule has 0 saturated heterocycles. The second-order valence-corrected chi connectivity index (χ2v) is 2.20. The Hall–Kier alpha value is -0.730. The highest BCUT2D eigenvalue weighted by molar-refractivity contribution is 5.68. The van der Waals surface area contributed by atoms with Gasteiger partial charge in [0.15, 0.2) is 0 Å². The molecule has 0 radical (unpaired) electrons. The van der Waals surface area contributed by atoms with E-state index in [0.29, 0.717) is 25.3 Å². The molecule has 1 atom stereocenters. The number of nitrogens with zero attached hydrogens (tertiary/aromatic N) is 1. The van der Waals surface area contributed by atoms with Crippen LogP contribution in [0.2, 0.25) is 0 Å². The normalized spacial score (nSPS) is 23.8. The van der Waals surface area contributed by atoms with E-state index in [1.807, 2.05) is 6.92 Å². The average Bonchev–Trinajstić information content (AvgIpc) is 2.37. The van der Waals surface area contributed by atoms with Gasteiger partial charge in [0.05, 0.1) is 12.6 Å². The maximum atomic E-state index is 5.12. The van der Waals surface area contributed by atoms with Crippen LogP contribution in [0.4, 0.5) is 0 Å². The van der Waals surface area contributed by atoms with Gasteiger partial charge in [-0.2, -0.15) is 0 Å². The Balaban J connectivity index is 2.33. The summed E-state index contributed by atoms with van der Waals surface area (Å²) >= 11 is 0. The number of hydrogen-bond donors (Lipinski definition) is 0. The molecule has 1 rings (SSSR count). The zero-order chi connectivity index (χ0) is 7.40. The van der Waals surface area contributed by atoms with Crippen LogP contribution in [-0.2, 0) is 9.47 Å². The van der Waals surface area contributed by atoms with E-state index < -0.39 is 0 Å². The maximum Gasteiger partial charge on any atom is 0.383 e. The molecule has 1 aliphatic heterocycles. The first-order valence-corrected chi connectivity index (χ1v) is 3.70.